The van der Waals surface area contributed by atoms with Gasteiger partial charge in [0.05, 0.1) is 18.1 Å². The van der Waals surface area contributed by atoms with E-state index in [4.69, 9.17) is 4.74 Å². The molecule has 0 amide bonds. The zero-order valence-corrected chi connectivity index (χ0v) is 11.6. The molecule has 1 atom stereocenters. The molecule has 1 N–H and O–H groups in total. The normalized spacial score (nSPS) is 17.7. The van der Waals surface area contributed by atoms with Gasteiger partial charge >= 0.3 is 5.69 Å². The van der Waals surface area contributed by atoms with Gasteiger partial charge in [-0.15, -0.1) is 0 Å². The van der Waals surface area contributed by atoms with Crippen molar-refractivity contribution in [3.63, 3.8) is 0 Å². The Hall–Kier alpha value is -1.66. The number of β-amino-alcohol motifs (C(OH)–C–C–N with tert-alkyl or cyclic N) is 1. The molecular formula is C14H20N2O4. The van der Waals surface area contributed by atoms with Crippen molar-refractivity contribution in [1.82, 2.24) is 4.90 Å². The Kier molecular flexibility index (Phi) is 4.92. The molecule has 2 rings (SSSR count). The molecule has 110 valence electrons. The Morgan fingerprint density at radius 3 is 2.70 bits per heavy atom. The van der Waals surface area contributed by atoms with Gasteiger partial charge in [0.1, 0.15) is 0 Å². The van der Waals surface area contributed by atoms with E-state index in [1.54, 1.807) is 6.07 Å². The molecule has 0 spiro atoms. The molecule has 1 fully saturated rings. The lowest BCUT2D eigenvalue weighted by atomic mass is 10.1. The maximum absolute atomic E-state index is 11.0. The summed E-state index contributed by atoms with van der Waals surface area (Å²) in [6.45, 7) is 2.48. The summed E-state index contributed by atoms with van der Waals surface area (Å²) in [5.41, 5.74) is 0.450. The summed E-state index contributed by atoms with van der Waals surface area (Å²) in [7, 11) is 1.40. The van der Waals surface area contributed by atoms with Gasteiger partial charge in [-0.25, -0.2) is 0 Å². The number of aliphatic hydroxyl groups is 1. The van der Waals surface area contributed by atoms with E-state index in [0.29, 0.717) is 12.1 Å². The number of nitro benzene ring substituents is 1. The number of nitro groups is 1. The Bertz CT molecular complexity index is 472. The van der Waals surface area contributed by atoms with Gasteiger partial charge in [0.15, 0.2) is 5.75 Å². The fraction of sp³-hybridized carbons (Fsp3) is 0.571. The number of likely N-dealkylation sites (tertiary alicyclic amines) is 1. The Morgan fingerprint density at radius 1 is 1.40 bits per heavy atom. The second-order valence-corrected chi connectivity index (χ2v) is 5.07. The summed E-state index contributed by atoms with van der Waals surface area (Å²) in [5.74, 6) is 0.212. The predicted octanol–water partition coefficient (Wildman–Crippen LogP) is 2.12. The quantitative estimate of drug-likeness (QED) is 0.660. The topological polar surface area (TPSA) is 75.8 Å². The Balaban J connectivity index is 2.10. The zero-order chi connectivity index (χ0) is 14.5. The van der Waals surface area contributed by atoms with Crippen molar-refractivity contribution in [1.29, 1.82) is 0 Å². The van der Waals surface area contributed by atoms with Gasteiger partial charge in [-0.1, -0.05) is 12.5 Å². The third-order valence-corrected chi connectivity index (χ3v) is 3.66. The monoisotopic (exact) mass is 280 g/mol. The first-order valence-electron chi connectivity index (χ1n) is 6.84. The average Bonchev–Trinajstić information content (AvgIpc) is 2.47. The van der Waals surface area contributed by atoms with Gasteiger partial charge in [-0.3, -0.25) is 10.1 Å². The van der Waals surface area contributed by atoms with E-state index in [1.807, 2.05) is 0 Å². The fourth-order valence-corrected chi connectivity index (χ4v) is 2.55. The summed E-state index contributed by atoms with van der Waals surface area (Å²) in [6, 6.07) is 4.61. The van der Waals surface area contributed by atoms with Crippen LogP contribution in [0.5, 0.6) is 5.75 Å². The Labute approximate surface area is 118 Å². The number of hydrogen-bond donors (Lipinski definition) is 1. The molecule has 1 aromatic carbocycles. The van der Waals surface area contributed by atoms with E-state index < -0.39 is 11.0 Å². The molecule has 0 radical (unpaired) electrons. The van der Waals surface area contributed by atoms with Crippen molar-refractivity contribution in [2.24, 2.45) is 0 Å². The van der Waals surface area contributed by atoms with Crippen LogP contribution in [0.25, 0.3) is 0 Å². The molecule has 6 nitrogen and oxygen atoms in total. The molecule has 1 aromatic rings. The van der Waals surface area contributed by atoms with Gasteiger partial charge in [0, 0.05) is 12.6 Å². The van der Waals surface area contributed by atoms with Crippen molar-refractivity contribution in [3.05, 3.63) is 33.9 Å². The number of aliphatic hydroxyl groups excluding tert-OH is 1. The van der Waals surface area contributed by atoms with Crippen LogP contribution >= 0.6 is 0 Å². The smallest absolute Gasteiger partial charge is 0.311 e. The summed E-state index contributed by atoms with van der Waals surface area (Å²) in [4.78, 5) is 12.7. The number of benzene rings is 1. The van der Waals surface area contributed by atoms with Crippen LogP contribution < -0.4 is 4.74 Å². The van der Waals surface area contributed by atoms with Crippen LogP contribution in [0.2, 0.25) is 0 Å². The molecule has 6 heteroatoms. The van der Waals surface area contributed by atoms with Gasteiger partial charge in [0.25, 0.3) is 0 Å². The molecule has 1 unspecified atom stereocenters. The number of piperidine rings is 1. The van der Waals surface area contributed by atoms with Crippen LogP contribution in [0, 0.1) is 10.1 Å². The van der Waals surface area contributed by atoms with E-state index in [0.717, 1.165) is 25.9 Å². The van der Waals surface area contributed by atoms with Gasteiger partial charge in [0.2, 0.25) is 0 Å². The highest BCUT2D eigenvalue weighted by Gasteiger charge is 2.20. The lowest BCUT2D eigenvalue weighted by Gasteiger charge is -2.28. The number of rotatable bonds is 5. The van der Waals surface area contributed by atoms with Crippen LogP contribution in [-0.4, -0.2) is 41.7 Å². The van der Waals surface area contributed by atoms with Crippen LogP contribution in [0.15, 0.2) is 18.2 Å². The lowest BCUT2D eigenvalue weighted by molar-refractivity contribution is -0.385. The standard InChI is InChI=1S/C14H20N2O4/c1-20-14-6-5-11(9-12(14)16(18)19)13(17)10-15-7-3-2-4-8-15/h5-6,9,13,17H,2-4,7-8,10H2,1H3. The van der Waals surface area contributed by atoms with Gasteiger partial charge in [-0.2, -0.15) is 0 Å². The highest BCUT2D eigenvalue weighted by Crippen LogP contribution is 2.30. The molecule has 0 aliphatic carbocycles. The highest BCUT2D eigenvalue weighted by molar-refractivity contribution is 5.49. The highest BCUT2D eigenvalue weighted by atomic mass is 16.6. The summed E-state index contributed by atoms with van der Waals surface area (Å²) in [6.07, 6.45) is 2.82. The summed E-state index contributed by atoms with van der Waals surface area (Å²) in [5, 5.41) is 21.2. The molecule has 0 bridgehead atoms. The molecule has 0 aromatic heterocycles. The molecule has 1 aliphatic heterocycles. The second-order valence-electron chi connectivity index (χ2n) is 5.07. The van der Waals surface area contributed by atoms with E-state index in [2.05, 4.69) is 4.90 Å². The van der Waals surface area contributed by atoms with E-state index in [-0.39, 0.29) is 11.4 Å². The second kappa shape index (κ2) is 6.67. The van der Waals surface area contributed by atoms with E-state index >= 15 is 0 Å². The largest absolute Gasteiger partial charge is 0.490 e. The molecule has 20 heavy (non-hydrogen) atoms. The number of ether oxygens (including phenoxy) is 1. The van der Waals surface area contributed by atoms with Crippen molar-refractivity contribution in [2.45, 2.75) is 25.4 Å². The molecular weight excluding hydrogens is 260 g/mol. The van der Waals surface area contributed by atoms with Crippen molar-refractivity contribution in [3.8, 4) is 5.75 Å². The predicted molar refractivity (Wildman–Crippen MR) is 74.9 cm³/mol. The minimum Gasteiger partial charge on any atom is -0.490 e. The van der Waals surface area contributed by atoms with Crippen LogP contribution in [0.3, 0.4) is 0 Å². The first-order valence-corrected chi connectivity index (χ1v) is 6.84. The van der Waals surface area contributed by atoms with Crippen LogP contribution in [-0.2, 0) is 0 Å². The number of hydrogen-bond acceptors (Lipinski definition) is 5. The van der Waals surface area contributed by atoms with E-state index in [9.17, 15) is 15.2 Å². The first kappa shape index (κ1) is 14.7. The molecule has 0 saturated carbocycles. The maximum Gasteiger partial charge on any atom is 0.311 e. The third kappa shape index (κ3) is 3.46. The molecule has 1 heterocycles. The van der Waals surface area contributed by atoms with E-state index in [1.165, 1.54) is 25.7 Å². The lowest BCUT2D eigenvalue weighted by Crippen LogP contribution is -2.33. The van der Waals surface area contributed by atoms with Gasteiger partial charge < -0.3 is 14.7 Å². The SMILES string of the molecule is COc1ccc(C(O)CN2CCCCC2)cc1[N+](=O)[O-]. The maximum atomic E-state index is 11.0. The van der Waals surface area contributed by atoms with Crippen molar-refractivity contribution >= 4 is 5.69 Å². The number of nitrogens with zero attached hydrogens (tertiary/aromatic N) is 2. The Morgan fingerprint density at radius 2 is 2.10 bits per heavy atom. The van der Waals surface area contributed by atoms with Crippen LogP contribution in [0.1, 0.15) is 30.9 Å². The zero-order valence-electron chi connectivity index (χ0n) is 11.6. The van der Waals surface area contributed by atoms with Crippen LogP contribution in [0.4, 0.5) is 5.69 Å². The summed E-state index contributed by atoms with van der Waals surface area (Å²) < 4.78 is 4.96. The fourth-order valence-electron chi connectivity index (χ4n) is 2.55. The average molecular weight is 280 g/mol. The molecule has 1 aliphatic rings. The molecule has 1 saturated heterocycles. The van der Waals surface area contributed by atoms with Crippen molar-refractivity contribution in [2.75, 3.05) is 26.7 Å². The minimum atomic E-state index is -0.710. The first-order chi connectivity index (χ1) is 9.61. The van der Waals surface area contributed by atoms with Crippen molar-refractivity contribution < 1.29 is 14.8 Å². The minimum absolute atomic E-state index is 0.109. The third-order valence-electron chi connectivity index (χ3n) is 3.66. The van der Waals surface area contributed by atoms with Gasteiger partial charge in [-0.05, 0) is 37.6 Å². The summed E-state index contributed by atoms with van der Waals surface area (Å²) >= 11 is 0. The number of methoxy groups -OCH3 is 1.